The molecule has 0 aliphatic rings. The van der Waals surface area contributed by atoms with E-state index >= 15 is 0 Å². The molecule has 0 saturated heterocycles. The minimum Gasteiger partial charge on any atom is -0.309 e. The molecule has 0 atom stereocenters. The van der Waals surface area contributed by atoms with Gasteiger partial charge in [0, 0.05) is 22.0 Å². The summed E-state index contributed by atoms with van der Waals surface area (Å²) in [7, 11) is 0. The number of allylic oxidation sites excluding steroid dienone is 1. The molecule has 1 nitrogen and oxygen atoms in total. The van der Waals surface area contributed by atoms with Crippen LogP contribution < -0.4 is 5.32 Å². The van der Waals surface area contributed by atoms with Crippen molar-refractivity contribution in [2.45, 2.75) is 20.4 Å². The average Bonchev–Trinajstić information content (AvgIpc) is 2.18. The first kappa shape index (κ1) is 12.9. The van der Waals surface area contributed by atoms with Crippen LogP contribution in [0.25, 0.3) is 0 Å². The van der Waals surface area contributed by atoms with Crippen molar-refractivity contribution in [2.75, 3.05) is 6.54 Å². The number of benzene rings is 1. The van der Waals surface area contributed by atoms with Gasteiger partial charge < -0.3 is 5.32 Å². The summed E-state index contributed by atoms with van der Waals surface area (Å²) in [6, 6.07) is 6.30. The van der Waals surface area contributed by atoms with E-state index in [0.29, 0.717) is 0 Å². The highest BCUT2D eigenvalue weighted by Gasteiger charge is 1.97. The van der Waals surface area contributed by atoms with E-state index in [9.17, 15) is 0 Å². The maximum atomic E-state index is 3.49. The molecule has 0 saturated carbocycles. The fraction of sp³-hybridized carbons (Fsp3) is 0.333. The molecular formula is C12H15Br2N. The number of hydrogen-bond acceptors (Lipinski definition) is 1. The first-order chi connectivity index (χ1) is 7.09. The molecule has 3 heteroatoms. The maximum absolute atomic E-state index is 3.49. The third kappa shape index (κ3) is 4.96. The van der Waals surface area contributed by atoms with Crippen molar-refractivity contribution in [1.29, 1.82) is 0 Å². The first-order valence-electron chi connectivity index (χ1n) is 4.87. The van der Waals surface area contributed by atoms with Crippen LogP contribution in [0, 0.1) is 0 Å². The Balaban J connectivity index is 2.44. The largest absolute Gasteiger partial charge is 0.309 e. The van der Waals surface area contributed by atoms with Crippen LogP contribution in [-0.2, 0) is 6.54 Å². The SMILES string of the molecule is CC(C)=CCNCc1ccc(Br)c(Br)c1. The molecule has 0 aromatic heterocycles. The van der Waals surface area contributed by atoms with E-state index in [1.807, 2.05) is 0 Å². The number of halogens is 2. The molecule has 0 amide bonds. The van der Waals surface area contributed by atoms with Crippen LogP contribution in [0.15, 0.2) is 38.8 Å². The van der Waals surface area contributed by atoms with Gasteiger partial charge >= 0.3 is 0 Å². The minimum atomic E-state index is 0.898. The molecule has 0 spiro atoms. The molecule has 82 valence electrons. The Morgan fingerprint density at radius 1 is 1.27 bits per heavy atom. The zero-order chi connectivity index (χ0) is 11.3. The van der Waals surface area contributed by atoms with E-state index < -0.39 is 0 Å². The van der Waals surface area contributed by atoms with Crippen molar-refractivity contribution in [3.05, 3.63) is 44.4 Å². The lowest BCUT2D eigenvalue weighted by molar-refractivity contribution is 0.756. The molecule has 0 heterocycles. The Morgan fingerprint density at radius 3 is 2.60 bits per heavy atom. The predicted octanol–water partition coefficient (Wildman–Crippen LogP) is 4.27. The van der Waals surface area contributed by atoms with E-state index in [1.165, 1.54) is 11.1 Å². The van der Waals surface area contributed by atoms with Crippen molar-refractivity contribution in [1.82, 2.24) is 5.32 Å². The summed E-state index contributed by atoms with van der Waals surface area (Å²) in [5.41, 5.74) is 2.63. The summed E-state index contributed by atoms with van der Waals surface area (Å²) in [4.78, 5) is 0. The number of hydrogen-bond donors (Lipinski definition) is 1. The van der Waals surface area contributed by atoms with Crippen molar-refractivity contribution in [3.8, 4) is 0 Å². The number of rotatable bonds is 4. The molecule has 0 aliphatic carbocycles. The highest BCUT2D eigenvalue weighted by Crippen LogP contribution is 2.23. The normalized spacial score (nSPS) is 10.1. The van der Waals surface area contributed by atoms with Crippen molar-refractivity contribution in [3.63, 3.8) is 0 Å². The van der Waals surface area contributed by atoms with Crippen molar-refractivity contribution < 1.29 is 0 Å². The Hall–Kier alpha value is -0.120. The van der Waals surface area contributed by atoms with Crippen LogP contribution in [0.3, 0.4) is 0 Å². The van der Waals surface area contributed by atoms with E-state index in [2.05, 4.69) is 75.3 Å². The third-order valence-corrected chi connectivity index (χ3v) is 3.85. The fourth-order valence-corrected chi connectivity index (χ4v) is 1.82. The van der Waals surface area contributed by atoms with Gasteiger partial charge in [-0.2, -0.15) is 0 Å². The molecule has 15 heavy (non-hydrogen) atoms. The van der Waals surface area contributed by atoms with Crippen molar-refractivity contribution in [2.24, 2.45) is 0 Å². The third-order valence-electron chi connectivity index (χ3n) is 1.97. The van der Waals surface area contributed by atoms with Gasteiger partial charge in [0.25, 0.3) is 0 Å². The fourth-order valence-electron chi connectivity index (χ4n) is 1.14. The molecule has 0 unspecified atom stereocenters. The Morgan fingerprint density at radius 2 is 2.00 bits per heavy atom. The van der Waals surface area contributed by atoms with Gasteiger partial charge in [-0.15, -0.1) is 0 Å². The van der Waals surface area contributed by atoms with Gasteiger partial charge in [0.15, 0.2) is 0 Å². The van der Waals surface area contributed by atoms with Gasteiger partial charge in [-0.25, -0.2) is 0 Å². The van der Waals surface area contributed by atoms with Gasteiger partial charge in [0.1, 0.15) is 0 Å². The Labute approximate surface area is 108 Å². The van der Waals surface area contributed by atoms with Gasteiger partial charge in [0.2, 0.25) is 0 Å². The topological polar surface area (TPSA) is 12.0 Å². The van der Waals surface area contributed by atoms with Crippen LogP contribution in [0.5, 0.6) is 0 Å². The van der Waals surface area contributed by atoms with Gasteiger partial charge in [-0.1, -0.05) is 17.7 Å². The smallest absolute Gasteiger partial charge is 0.0320 e. The van der Waals surface area contributed by atoms with Crippen LogP contribution in [0.1, 0.15) is 19.4 Å². The lowest BCUT2D eigenvalue weighted by atomic mass is 10.2. The lowest BCUT2D eigenvalue weighted by Gasteiger charge is -2.04. The van der Waals surface area contributed by atoms with Gasteiger partial charge in [-0.3, -0.25) is 0 Å². The van der Waals surface area contributed by atoms with E-state index in [4.69, 9.17) is 0 Å². The van der Waals surface area contributed by atoms with Crippen molar-refractivity contribution >= 4 is 31.9 Å². The standard InChI is InChI=1S/C12H15Br2N/c1-9(2)5-6-15-8-10-3-4-11(13)12(14)7-10/h3-5,7,15H,6,8H2,1-2H3. The zero-order valence-electron chi connectivity index (χ0n) is 8.98. The second kappa shape index (κ2) is 6.46. The van der Waals surface area contributed by atoms with E-state index in [0.717, 1.165) is 22.0 Å². The second-order valence-electron chi connectivity index (χ2n) is 3.66. The van der Waals surface area contributed by atoms with Gasteiger partial charge in [-0.05, 0) is 63.4 Å². The van der Waals surface area contributed by atoms with Crippen LogP contribution in [0.2, 0.25) is 0 Å². The molecule has 1 aromatic rings. The lowest BCUT2D eigenvalue weighted by Crippen LogP contribution is -2.13. The van der Waals surface area contributed by atoms with Crippen LogP contribution in [0.4, 0.5) is 0 Å². The highest BCUT2D eigenvalue weighted by molar-refractivity contribution is 9.13. The summed E-state index contributed by atoms with van der Waals surface area (Å²) < 4.78 is 2.19. The van der Waals surface area contributed by atoms with E-state index in [1.54, 1.807) is 0 Å². The predicted molar refractivity (Wildman–Crippen MR) is 73.0 cm³/mol. The second-order valence-corrected chi connectivity index (χ2v) is 5.37. The summed E-state index contributed by atoms with van der Waals surface area (Å²) in [5, 5.41) is 3.37. The molecule has 0 fully saturated rings. The Bertz CT molecular complexity index is 355. The minimum absolute atomic E-state index is 0.898. The molecule has 1 rings (SSSR count). The molecular weight excluding hydrogens is 318 g/mol. The molecule has 0 aliphatic heterocycles. The molecule has 0 bridgehead atoms. The van der Waals surface area contributed by atoms with Gasteiger partial charge in [0.05, 0.1) is 0 Å². The summed E-state index contributed by atoms with van der Waals surface area (Å²) in [6.07, 6.45) is 2.19. The molecule has 0 radical (unpaired) electrons. The molecule has 1 aromatic carbocycles. The summed E-state index contributed by atoms with van der Waals surface area (Å²) in [6.45, 7) is 6.04. The summed E-state index contributed by atoms with van der Waals surface area (Å²) >= 11 is 6.95. The van der Waals surface area contributed by atoms with Crippen LogP contribution in [-0.4, -0.2) is 6.54 Å². The van der Waals surface area contributed by atoms with E-state index in [-0.39, 0.29) is 0 Å². The Kier molecular flexibility index (Phi) is 5.58. The molecule has 1 N–H and O–H groups in total. The quantitative estimate of drug-likeness (QED) is 0.641. The van der Waals surface area contributed by atoms with Crippen LogP contribution >= 0.6 is 31.9 Å². The highest BCUT2D eigenvalue weighted by atomic mass is 79.9. The first-order valence-corrected chi connectivity index (χ1v) is 6.46. The maximum Gasteiger partial charge on any atom is 0.0320 e. The summed E-state index contributed by atoms with van der Waals surface area (Å²) in [5.74, 6) is 0. The monoisotopic (exact) mass is 331 g/mol. The zero-order valence-corrected chi connectivity index (χ0v) is 12.2. The number of nitrogens with one attached hydrogen (secondary N) is 1. The average molecular weight is 333 g/mol.